The zero-order valence-electron chi connectivity index (χ0n) is 11.6. The molecule has 0 spiro atoms. The average Bonchev–Trinajstić information content (AvgIpc) is 2.39. The molecule has 0 fully saturated rings. The Morgan fingerprint density at radius 3 is 2.55 bits per heavy atom. The predicted molar refractivity (Wildman–Crippen MR) is 86.7 cm³/mol. The van der Waals surface area contributed by atoms with Crippen LogP contribution in [0.25, 0.3) is 0 Å². The number of nitrogens with one attached hydrogen (secondary N) is 2. The molecule has 1 atom stereocenters. The highest BCUT2D eigenvalue weighted by Crippen LogP contribution is 2.17. The number of carbonyl (C=O) groups is 2. The Labute approximate surface area is 132 Å². The lowest BCUT2D eigenvalue weighted by Gasteiger charge is -2.25. The Bertz CT molecular complexity index is 493. The van der Waals surface area contributed by atoms with Gasteiger partial charge in [0.05, 0.1) is 12.2 Å². The molecule has 0 saturated heterocycles. The summed E-state index contributed by atoms with van der Waals surface area (Å²) in [6, 6.07) is 7.42. The average molecular weight is 390 g/mol. The van der Waals surface area contributed by atoms with Gasteiger partial charge in [0.25, 0.3) is 0 Å². The maximum absolute atomic E-state index is 11.9. The molecule has 0 heterocycles. The summed E-state index contributed by atoms with van der Waals surface area (Å²) in [7, 11) is 0. The number of para-hydroxylation sites is 1. The van der Waals surface area contributed by atoms with Crippen molar-refractivity contribution in [2.45, 2.75) is 32.2 Å². The number of carbonyl (C=O) groups excluding carboxylic acids is 1. The number of anilines is 1. The third-order valence-corrected chi connectivity index (χ3v) is 3.95. The normalized spacial score (nSPS) is 13.6. The van der Waals surface area contributed by atoms with E-state index in [4.69, 9.17) is 0 Å². The molecule has 1 amide bonds. The fraction of sp³-hybridized carbons (Fsp3) is 0.429. The van der Waals surface area contributed by atoms with Crippen LogP contribution in [-0.4, -0.2) is 29.1 Å². The van der Waals surface area contributed by atoms with Crippen LogP contribution in [-0.2, 0) is 9.59 Å². The minimum absolute atomic E-state index is 0.0340. The third kappa shape index (κ3) is 4.75. The number of halogens is 1. The Morgan fingerprint density at radius 2 is 2.00 bits per heavy atom. The molecule has 0 aliphatic rings. The second-order valence-corrected chi connectivity index (χ2v) is 5.93. The summed E-state index contributed by atoms with van der Waals surface area (Å²) in [5.74, 6) is -1.20. The van der Waals surface area contributed by atoms with Crippen molar-refractivity contribution in [3.63, 3.8) is 0 Å². The molecule has 0 saturated carbocycles. The first kappa shape index (κ1) is 16.9. The van der Waals surface area contributed by atoms with E-state index in [2.05, 4.69) is 33.2 Å². The van der Waals surface area contributed by atoms with Gasteiger partial charge in [0.15, 0.2) is 0 Å². The largest absolute Gasteiger partial charge is 0.480 e. The number of benzene rings is 1. The van der Waals surface area contributed by atoms with E-state index in [0.29, 0.717) is 6.42 Å². The fourth-order valence-electron chi connectivity index (χ4n) is 1.80. The van der Waals surface area contributed by atoms with Crippen LogP contribution in [0.1, 0.15) is 26.7 Å². The number of rotatable bonds is 7. The molecule has 3 N–H and O–H groups in total. The fourth-order valence-corrected chi connectivity index (χ4v) is 2.33. The number of hydrogen-bond acceptors (Lipinski definition) is 3. The minimum atomic E-state index is -1.07. The van der Waals surface area contributed by atoms with Crippen molar-refractivity contribution in [3.05, 3.63) is 27.8 Å². The van der Waals surface area contributed by atoms with Gasteiger partial charge < -0.3 is 10.4 Å². The van der Waals surface area contributed by atoms with E-state index in [1.54, 1.807) is 6.92 Å². The van der Waals surface area contributed by atoms with Crippen molar-refractivity contribution in [2.75, 3.05) is 11.9 Å². The summed E-state index contributed by atoms with van der Waals surface area (Å²) in [6.07, 6.45) is 1.20. The molecular formula is C14H19IN2O3. The maximum atomic E-state index is 11.9. The molecule has 0 radical (unpaired) electrons. The van der Waals surface area contributed by atoms with Crippen molar-refractivity contribution in [1.29, 1.82) is 0 Å². The highest BCUT2D eigenvalue weighted by molar-refractivity contribution is 14.1. The maximum Gasteiger partial charge on any atom is 0.323 e. The van der Waals surface area contributed by atoms with Gasteiger partial charge in [-0.25, -0.2) is 0 Å². The number of carboxylic acids is 1. The molecule has 1 unspecified atom stereocenters. The minimum Gasteiger partial charge on any atom is -0.480 e. The van der Waals surface area contributed by atoms with Crippen molar-refractivity contribution >= 4 is 40.2 Å². The van der Waals surface area contributed by atoms with E-state index in [0.717, 1.165) is 15.7 Å². The van der Waals surface area contributed by atoms with Crippen molar-refractivity contribution in [2.24, 2.45) is 0 Å². The van der Waals surface area contributed by atoms with E-state index in [9.17, 15) is 14.7 Å². The summed E-state index contributed by atoms with van der Waals surface area (Å²) in [6.45, 7) is 3.47. The van der Waals surface area contributed by atoms with Gasteiger partial charge in [-0.3, -0.25) is 14.9 Å². The van der Waals surface area contributed by atoms with Gasteiger partial charge in [0.2, 0.25) is 5.91 Å². The molecule has 110 valence electrons. The Balaban J connectivity index is 2.59. The number of amides is 1. The zero-order chi connectivity index (χ0) is 15.2. The Morgan fingerprint density at radius 1 is 1.35 bits per heavy atom. The van der Waals surface area contributed by atoms with Crippen LogP contribution in [0.3, 0.4) is 0 Å². The van der Waals surface area contributed by atoms with Crippen LogP contribution in [0.15, 0.2) is 24.3 Å². The molecule has 0 bridgehead atoms. The zero-order valence-corrected chi connectivity index (χ0v) is 13.7. The quantitative estimate of drug-likeness (QED) is 0.625. The lowest BCUT2D eigenvalue weighted by Crippen LogP contribution is -2.51. The van der Waals surface area contributed by atoms with Gasteiger partial charge in [-0.15, -0.1) is 0 Å². The second kappa shape index (κ2) is 7.58. The number of carboxylic acid groups (broad SMARTS) is 1. The Hall–Kier alpha value is -1.15. The summed E-state index contributed by atoms with van der Waals surface area (Å²) in [4.78, 5) is 23.1. The van der Waals surface area contributed by atoms with Crippen LogP contribution in [0, 0.1) is 3.57 Å². The van der Waals surface area contributed by atoms with E-state index in [-0.39, 0.29) is 12.5 Å². The second-order valence-electron chi connectivity index (χ2n) is 4.77. The van der Waals surface area contributed by atoms with Crippen LogP contribution in [0.4, 0.5) is 5.69 Å². The van der Waals surface area contributed by atoms with Crippen LogP contribution < -0.4 is 10.6 Å². The highest BCUT2D eigenvalue weighted by Gasteiger charge is 2.31. The molecule has 1 aromatic rings. The van der Waals surface area contributed by atoms with Crippen LogP contribution in [0.5, 0.6) is 0 Å². The monoisotopic (exact) mass is 390 g/mol. The smallest absolute Gasteiger partial charge is 0.323 e. The molecule has 6 heteroatoms. The molecule has 1 aromatic carbocycles. The molecule has 1 rings (SSSR count). The van der Waals surface area contributed by atoms with Gasteiger partial charge in [0, 0.05) is 3.57 Å². The van der Waals surface area contributed by atoms with Gasteiger partial charge in [-0.05, 0) is 48.1 Å². The summed E-state index contributed by atoms with van der Waals surface area (Å²) >= 11 is 2.13. The molecule has 5 nitrogen and oxygen atoms in total. The first-order chi connectivity index (χ1) is 9.39. The highest BCUT2D eigenvalue weighted by atomic mass is 127. The van der Waals surface area contributed by atoms with Crippen LogP contribution >= 0.6 is 22.6 Å². The van der Waals surface area contributed by atoms with Gasteiger partial charge in [-0.2, -0.15) is 0 Å². The first-order valence-corrected chi connectivity index (χ1v) is 7.49. The molecule has 20 heavy (non-hydrogen) atoms. The first-order valence-electron chi connectivity index (χ1n) is 6.42. The van der Waals surface area contributed by atoms with E-state index in [1.165, 1.54) is 0 Å². The van der Waals surface area contributed by atoms with E-state index >= 15 is 0 Å². The van der Waals surface area contributed by atoms with E-state index < -0.39 is 11.5 Å². The predicted octanol–water partition coefficient (Wildman–Crippen LogP) is 2.46. The molecule has 0 aliphatic heterocycles. The Kier molecular flexibility index (Phi) is 6.41. The van der Waals surface area contributed by atoms with E-state index in [1.807, 2.05) is 31.2 Å². The molecular weight excluding hydrogens is 371 g/mol. The number of aliphatic carboxylic acids is 1. The number of hydrogen-bond donors (Lipinski definition) is 3. The van der Waals surface area contributed by atoms with Crippen molar-refractivity contribution in [1.82, 2.24) is 5.32 Å². The van der Waals surface area contributed by atoms with Gasteiger partial charge in [0.1, 0.15) is 5.54 Å². The van der Waals surface area contributed by atoms with Gasteiger partial charge >= 0.3 is 5.97 Å². The molecule has 0 aromatic heterocycles. The lowest BCUT2D eigenvalue weighted by atomic mass is 9.96. The SMILES string of the molecule is CCCC(C)(NCC(=O)Nc1ccccc1I)C(=O)O. The lowest BCUT2D eigenvalue weighted by molar-refractivity contribution is -0.144. The summed E-state index contributed by atoms with van der Waals surface area (Å²) in [5.41, 5.74) is -0.344. The van der Waals surface area contributed by atoms with Crippen molar-refractivity contribution < 1.29 is 14.7 Å². The third-order valence-electron chi connectivity index (χ3n) is 3.01. The standard InChI is InChI=1S/C14H19IN2O3/c1-3-8-14(2,13(19)20)16-9-12(18)17-11-7-5-4-6-10(11)15/h4-7,16H,3,8-9H2,1-2H3,(H,17,18)(H,19,20). The van der Waals surface area contributed by atoms with Crippen LogP contribution in [0.2, 0.25) is 0 Å². The van der Waals surface area contributed by atoms with Crippen molar-refractivity contribution in [3.8, 4) is 0 Å². The topological polar surface area (TPSA) is 78.4 Å². The summed E-state index contributed by atoms with van der Waals surface area (Å²) < 4.78 is 0.938. The molecule has 0 aliphatic carbocycles. The van der Waals surface area contributed by atoms with Gasteiger partial charge in [-0.1, -0.05) is 25.5 Å². The summed E-state index contributed by atoms with van der Waals surface area (Å²) in [5, 5.41) is 14.8.